The lowest BCUT2D eigenvalue weighted by Crippen LogP contribution is -2.18. The normalized spacial score (nSPS) is 12.1. The van der Waals surface area contributed by atoms with Gasteiger partial charge in [-0.1, -0.05) is 44.4 Å². The van der Waals surface area contributed by atoms with Crippen molar-refractivity contribution in [3.05, 3.63) is 30.3 Å². The highest BCUT2D eigenvalue weighted by atomic mass is 32.2. The lowest BCUT2D eigenvalue weighted by Gasteiger charge is -2.13. The molecule has 2 nitrogen and oxygen atoms in total. The number of carbonyl (C=O) groups is 1. The molecule has 0 heterocycles. The van der Waals surface area contributed by atoms with E-state index in [9.17, 15) is 4.79 Å². The molecule has 0 aliphatic carbocycles. The maximum Gasteiger partial charge on any atom is 0.319 e. The lowest BCUT2D eigenvalue weighted by atomic mass is 10.1. The fourth-order valence-electron chi connectivity index (χ4n) is 1.60. The maximum absolute atomic E-state index is 11.7. The van der Waals surface area contributed by atoms with Gasteiger partial charge in [0.1, 0.15) is 5.25 Å². The molecule has 0 fully saturated rings. The number of methoxy groups -OCH3 is 1. The summed E-state index contributed by atoms with van der Waals surface area (Å²) in [6, 6.07) is 10.0. The number of esters is 1. The van der Waals surface area contributed by atoms with Gasteiger partial charge in [0.25, 0.3) is 0 Å². The van der Waals surface area contributed by atoms with Gasteiger partial charge in [-0.15, -0.1) is 11.8 Å². The van der Waals surface area contributed by atoms with Crippen molar-refractivity contribution in [1.29, 1.82) is 0 Å². The van der Waals surface area contributed by atoms with E-state index < -0.39 is 0 Å². The van der Waals surface area contributed by atoms with Gasteiger partial charge in [0.2, 0.25) is 0 Å². The van der Waals surface area contributed by atoms with E-state index in [-0.39, 0.29) is 11.2 Å². The Hall–Kier alpha value is -0.960. The molecule has 0 bridgehead atoms. The fourth-order valence-corrected chi connectivity index (χ4v) is 2.72. The number of hydrogen-bond acceptors (Lipinski definition) is 3. The van der Waals surface area contributed by atoms with Crippen molar-refractivity contribution < 1.29 is 9.53 Å². The molecule has 1 aromatic carbocycles. The number of ether oxygens (including phenoxy) is 1. The average molecular weight is 252 g/mol. The highest BCUT2D eigenvalue weighted by Crippen LogP contribution is 2.27. The minimum Gasteiger partial charge on any atom is -0.468 e. The van der Waals surface area contributed by atoms with Gasteiger partial charge < -0.3 is 4.74 Å². The van der Waals surface area contributed by atoms with Crippen LogP contribution in [0.2, 0.25) is 0 Å². The molecule has 1 aromatic rings. The van der Waals surface area contributed by atoms with Crippen molar-refractivity contribution in [3.63, 3.8) is 0 Å². The van der Waals surface area contributed by atoms with Crippen molar-refractivity contribution in [2.75, 3.05) is 7.11 Å². The fraction of sp³-hybridized carbons (Fsp3) is 0.500. The van der Waals surface area contributed by atoms with Crippen LogP contribution >= 0.6 is 11.8 Å². The van der Waals surface area contributed by atoms with Crippen molar-refractivity contribution in [2.45, 2.75) is 42.8 Å². The Morgan fingerprint density at radius 2 is 2.00 bits per heavy atom. The van der Waals surface area contributed by atoms with Crippen LogP contribution in [0, 0.1) is 0 Å². The molecule has 3 heteroatoms. The summed E-state index contributed by atoms with van der Waals surface area (Å²) in [6.45, 7) is 2.16. The van der Waals surface area contributed by atoms with Crippen LogP contribution in [-0.2, 0) is 9.53 Å². The second-order valence-corrected chi connectivity index (χ2v) is 5.21. The average Bonchev–Trinajstić information content (AvgIpc) is 2.38. The Morgan fingerprint density at radius 1 is 1.29 bits per heavy atom. The summed E-state index contributed by atoms with van der Waals surface area (Å²) in [5, 5.41) is -0.0750. The van der Waals surface area contributed by atoms with Crippen molar-refractivity contribution in [2.24, 2.45) is 0 Å². The van der Waals surface area contributed by atoms with E-state index in [4.69, 9.17) is 4.74 Å². The maximum atomic E-state index is 11.7. The van der Waals surface area contributed by atoms with Gasteiger partial charge in [0.05, 0.1) is 7.11 Å². The van der Waals surface area contributed by atoms with Crippen molar-refractivity contribution in [1.82, 2.24) is 0 Å². The van der Waals surface area contributed by atoms with Gasteiger partial charge in [0, 0.05) is 4.90 Å². The largest absolute Gasteiger partial charge is 0.468 e. The topological polar surface area (TPSA) is 26.3 Å². The molecule has 0 spiro atoms. The van der Waals surface area contributed by atoms with Crippen LogP contribution in [0.15, 0.2) is 35.2 Å². The Kier molecular flexibility index (Phi) is 6.78. The second-order valence-electron chi connectivity index (χ2n) is 3.94. The third-order valence-electron chi connectivity index (χ3n) is 2.56. The number of unbranched alkanes of at least 4 members (excludes halogenated alkanes) is 2. The van der Waals surface area contributed by atoms with E-state index in [1.54, 1.807) is 11.8 Å². The molecule has 0 amide bonds. The molecule has 0 N–H and O–H groups in total. The molecule has 0 aromatic heterocycles. The molecular formula is C14H20O2S. The first-order valence-corrected chi connectivity index (χ1v) is 6.95. The monoisotopic (exact) mass is 252 g/mol. The molecule has 0 saturated carbocycles. The summed E-state index contributed by atoms with van der Waals surface area (Å²) >= 11 is 1.60. The van der Waals surface area contributed by atoms with Crippen molar-refractivity contribution >= 4 is 17.7 Å². The summed E-state index contributed by atoms with van der Waals surface area (Å²) in [6.07, 6.45) is 4.31. The highest BCUT2D eigenvalue weighted by molar-refractivity contribution is 8.00. The molecule has 1 rings (SSSR count). The van der Waals surface area contributed by atoms with E-state index in [0.29, 0.717) is 0 Å². The van der Waals surface area contributed by atoms with E-state index in [0.717, 1.165) is 17.7 Å². The van der Waals surface area contributed by atoms with Crippen LogP contribution in [0.5, 0.6) is 0 Å². The SMILES string of the molecule is CCCCCC(Sc1ccccc1)C(=O)OC. The van der Waals surface area contributed by atoms with E-state index in [1.165, 1.54) is 20.0 Å². The lowest BCUT2D eigenvalue weighted by molar-refractivity contribution is -0.140. The first kappa shape index (κ1) is 14.1. The van der Waals surface area contributed by atoms with Gasteiger partial charge >= 0.3 is 5.97 Å². The zero-order valence-electron chi connectivity index (χ0n) is 10.5. The third-order valence-corrected chi connectivity index (χ3v) is 3.81. The number of hydrogen-bond donors (Lipinski definition) is 0. The Labute approximate surface area is 108 Å². The second kappa shape index (κ2) is 8.18. The van der Waals surface area contributed by atoms with Crippen LogP contribution in [0.25, 0.3) is 0 Å². The van der Waals surface area contributed by atoms with Gasteiger partial charge in [-0.25, -0.2) is 0 Å². The van der Waals surface area contributed by atoms with Gasteiger partial charge in [0.15, 0.2) is 0 Å². The van der Waals surface area contributed by atoms with Gasteiger partial charge in [-0.3, -0.25) is 4.79 Å². The molecule has 17 heavy (non-hydrogen) atoms. The van der Waals surface area contributed by atoms with Gasteiger partial charge in [-0.05, 0) is 18.6 Å². The number of rotatable bonds is 7. The summed E-state index contributed by atoms with van der Waals surface area (Å²) in [7, 11) is 1.46. The van der Waals surface area contributed by atoms with Crippen LogP contribution in [0.1, 0.15) is 32.6 Å². The first-order chi connectivity index (χ1) is 8.27. The summed E-state index contributed by atoms with van der Waals surface area (Å²) < 4.78 is 4.86. The Balaban J connectivity index is 2.54. The molecule has 0 aliphatic rings. The molecule has 1 atom stereocenters. The quantitative estimate of drug-likeness (QED) is 0.418. The molecule has 0 aliphatic heterocycles. The summed E-state index contributed by atoms with van der Waals surface area (Å²) in [5.41, 5.74) is 0. The van der Waals surface area contributed by atoms with Crippen LogP contribution < -0.4 is 0 Å². The van der Waals surface area contributed by atoms with Crippen molar-refractivity contribution in [3.8, 4) is 0 Å². The van der Waals surface area contributed by atoms with E-state index >= 15 is 0 Å². The Bertz CT molecular complexity index is 324. The smallest absolute Gasteiger partial charge is 0.319 e. The van der Waals surface area contributed by atoms with Crippen LogP contribution in [-0.4, -0.2) is 18.3 Å². The standard InChI is InChI=1S/C14H20O2S/c1-3-4-6-11-13(14(15)16-2)17-12-9-7-5-8-10-12/h5,7-10,13H,3-4,6,11H2,1-2H3. The molecular weight excluding hydrogens is 232 g/mol. The zero-order chi connectivity index (χ0) is 12.5. The van der Waals surface area contributed by atoms with Crippen LogP contribution in [0.4, 0.5) is 0 Å². The Morgan fingerprint density at radius 3 is 2.59 bits per heavy atom. The number of thioether (sulfide) groups is 1. The summed E-state index contributed by atoms with van der Waals surface area (Å²) in [4.78, 5) is 12.8. The third kappa shape index (κ3) is 5.26. The predicted octanol–water partition coefficient (Wildman–Crippen LogP) is 3.90. The molecule has 0 saturated heterocycles. The minimum atomic E-state index is -0.116. The highest BCUT2D eigenvalue weighted by Gasteiger charge is 2.19. The zero-order valence-corrected chi connectivity index (χ0v) is 11.3. The molecule has 1 unspecified atom stereocenters. The number of carbonyl (C=O) groups excluding carboxylic acids is 1. The van der Waals surface area contributed by atoms with E-state index in [2.05, 4.69) is 6.92 Å². The van der Waals surface area contributed by atoms with Gasteiger partial charge in [-0.2, -0.15) is 0 Å². The van der Waals surface area contributed by atoms with E-state index in [1.807, 2.05) is 30.3 Å². The first-order valence-electron chi connectivity index (χ1n) is 6.07. The predicted molar refractivity (Wildman–Crippen MR) is 72.2 cm³/mol. The summed E-state index contributed by atoms with van der Waals surface area (Å²) in [5.74, 6) is -0.116. The molecule has 94 valence electrons. The minimum absolute atomic E-state index is 0.0750. The number of benzene rings is 1. The van der Waals surface area contributed by atoms with Crippen LogP contribution in [0.3, 0.4) is 0 Å². The molecule has 0 radical (unpaired) electrons.